The van der Waals surface area contributed by atoms with E-state index in [1.54, 1.807) is 0 Å². The highest BCUT2D eigenvalue weighted by atomic mass is 16.5. The molecule has 2 rings (SSSR count). The lowest BCUT2D eigenvalue weighted by molar-refractivity contribution is -0.101. The fourth-order valence-corrected chi connectivity index (χ4v) is 4.00. The van der Waals surface area contributed by atoms with Gasteiger partial charge in [-0.05, 0) is 50.3 Å². The maximum Gasteiger partial charge on any atom is 0.0878 e. The van der Waals surface area contributed by atoms with Gasteiger partial charge in [0.15, 0.2) is 0 Å². The van der Waals surface area contributed by atoms with Crippen molar-refractivity contribution < 1.29 is 4.74 Å². The molecule has 2 nitrogen and oxygen atoms in total. The van der Waals surface area contributed by atoms with Crippen LogP contribution in [0.2, 0.25) is 0 Å². The van der Waals surface area contributed by atoms with Crippen LogP contribution in [-0.4, -0.2) is 18.8 Å². The molecular formula is C19H31NO. The molecule has 2 heteroatoms. The second kappa shape index (κ2) is 7.42. The van der Waals surface area contributed by atoms with Crippen LogP contribution in [-0.2, 0) is 4.74 Å². The standard InChI is InChI=1S/C19H31NO/c1-5-20-18(17-12-8-7-11-16(17)4)19(21-6-2)13-9-10-15(3)14-19/h7-8,11-12,15,18,20H,5-6,9-10,13-14H2,1-4H3. The smallest absolute Gasteiger partial charge is 0.0878 e. The van der Waals surface area contributed by atoms with Gasteiger partial charge in [-0.2, -0.15) is 0 Å². The summed E-state index contributed by atoms with van der Waals surface area (Å²) in [5.74, 6) is 0.746. The predicted octanol–water partition coefficient (Wildman–Crippen LogP) is 4.63. The van der Waals surface area contributed by atoms with Gasteiger partial charge in [-0.1, -0.05) is 51.0 Å². The third-order valence-electron chi connectivity index (χ3n) is 4.86. The first-order valence-corrected chi connectivity index (χ1v) is 8.55. The Kier molecular flexibility index (Phi) is 5.83. The Bertz CT molecular complexity index is 441. The van der Waals surface area contributed by atoms with Crippen molar-refractivity contribution in [3.05, 3.63) is 35.4 Å². The van der Waals surface area contributed by atoms with Crippen molar-refractivity contribution in [2.45, 2.75) is 65.0 Å². The van der Waals surface area contributed by atoms with E-state index in [1.165, 1.54) is 24.0 Å². The Morgan fingerprint density at radius 3 is 2.71 bits per heavy atom. The van der Waals surface area contributed by atoms with Crippen LogP contribution in [0.4, 0.5) is 0 Å². The van der Waals surface area contributed by atoms with Crippen molar-refractivity contribution in [1.29, 1.82) is 0 Å². The van der Waals surface area contributed by atoms with Gasteiger partial charge in [0.1, 0.15) is 0 Å². The summed E-state index contributed by atoms with van der Waals surface area (Å²) in [5.41, 5.74) is 2.72. The number of benzene rings is 1. The van der Waals surface area contributed by atoms with E-state index in [0.29, 0.717) is 6.04 Å². The molecule has 1 aromatic carbocycles. The Balaban J connectivity index is 2.39. The summed E-state index contributed by atoms with van der Waals surface area (Å²) in [6.07, 6.45) is 4.93. The minimum atomic E-state index is -0.0471. The van der Waals surface area contributed by atoms with Crippen LogP contribution >= 0.6 is 0 Å². The van der Waals surface area contributed by atoms with Crippen LogP contribution in [0.3, 0.4) is 0 Å². The summed E-state index contributed by atoms with van der Waals surface area (Å²) >= 11 is 0. The van der Waals surface area contributed by atoms with Crippen LogP contribution in [0.15, 0.2) is 24.3 Å². The molecule has 0 amide bonds. The van der Waals surface area contributed by atoms with E-state index in [-0.39, 0.29) is 5.60 Å². The maximum atomic E-state index is 6.40. The van der Waals surface area contributed by atoms with Crippen molar-refractivity contribution in [2.75, 3.05) is 13.2 Å². The molecule has 1 aromatic rings. The number of hydrogen-bond acceptors (Lipinski definition) is 2. The van der Waals surface area contributed by atoms with Gasteiger partial charge in [0.2, 0.25) is 0 Å². The fraction of sp³-hybridized carbons (Fsp3) is 0.684. The van der Waals surface area contributed by atoms with Crippen molar-refractivity contribution in [3.63, 3.8) is 0 Å². The first-order chi connectivity index (χ1) is 10.1. The summed E-state index contributed by atoms with van der Waals surface area (Å²) in [5, 5.41) is 3.73. The Morgan fingerprint density at radius 1 is 1.33 bits per heavy atom. The summed E-state index contributed by atoms with van der Waals surface area (Å²) < 4.78 is 6.40. The molecule has 3 atom stereocenters. The van der Waals surface area contributed by atoms with E-state index in [2.05, 4.69) is 57.3 Å². The maximum absolute atomic E-state index is 6.40. The predicted molar refractivity (Wildman–Crippen MR) is 89.6 cm³/mol. The lowest BCUT2D eigenvalue weighted by Gasteiger charge is -2.46. The van der Waals surface area contributed by atoms with Crippen molar-refractivity contribution in [1.82, 2.24) is 5.32 Å². The summed E-state index contributed by atoms with van der Waals surface area (Å²) in [6, 6.07) is 9.05. The van der Waals surface area contributed by atoms with Gasteiger partial charge in [-0.25, -0.2) is 0 Å². The average Bonchev–Trinajstić information content (AvgIpc) is 2.46. The molecule has 0 heterocycles. The van der Waals surface area contributed by atoms with Gasteiger partial charge < -0.3 is 10.1 Å². The van der Waals surface area contributed by atoms with E-state index in [1.807, 2.05) is 0 Å². The lowest BCUT2D eigenvalue weighted by Crippen LogP contribution is -2.49. The first kappa shape index (κ1) is 16.5. The second-order valence-electron chi connectivity index (χ2n) is 6.55. The highest BCUT2D eigenvalue weighted by molar-refractivity contribution is 5.31. The van der Waals surface area contributed by atoms with Crippen molar-refractivity contribution in [3.8, 4) is 0 Å². The van der Waals surface area contributed by atoms with E-state index in [4.69, 9.17) is 4.74 Å². The number of nitrogens with one attached hydrogen (secondary N) is 1. The van der Waals surface area contributed by atoms with Gasteiger partial charge in [-0.3, -0.25) is 0 Å². The zero-order valence-corrected chi connectivity index (χ0v) is 14.1. The second-order valence-corrected chi connectivity index (χ2v) is 6.55. The summed E-state index contributed by atoms with van der Waals surface area (Å²) in [7, 11) is 0. The zero-order valence-electron chi connectivity index (χ0n) is 14.1. The number of aryl methyl sites for hydroxylation is 1. The molecule has 0 spiro atoms. The van der Waals surface area contributed by atoms with Crippen LogP contribution in [0.1, 0.15) is 63.6 Å². The number of hydrogen-bond donors (Lipinski definition) is 1. The molecule has 0 bridgehead atoms. The quantitative estimate of drug-likeness (QED) is 0.824. The van der Waals surface area contributed by atoms with Crippen LogP contribution in [0.5, 0.6) is 0 Å². The largest absolute Gasteiger partial charge is 0.373 e. The highest BCUT2D eigenvalue weighted by Crippen LogP contribution is 2.44. The minimum absolute atomic E-state index is 0.0471. The molecule has 0 radical (unpaired) electrons. The molecule has 0 aromatic heterocycles. The van der Waals surface area contributed by atoms with Gasteiger partial charge in [-0.15, -0.1) is 0 Å². The Labute approximate surface area is 130 Å². The normalized spacial score (nSPS) is 27.5. The molecule has 118 valence electrons. The number of ether oxygens (including phenoxy) is 1. The Morgan fingerprint density at radius 2 is 2.10 bits per heavy atom. The van der Waals surface area contributed by atoms with E-state index >= 15 is 0 Å². The third kappa shape index (κ3) is 3.67. The van der Waals surface area contributed by atoms with Gasteiger partial charge in [0, 0.05) is 6.61 Å². The summed E-state index contributed by atoms with van der Waals surface area (Å²) in [6.45, 7) is 10.7. The van der Waals surface area contributed by atoms with Gasteiger partial charge in [0.05, 0.1) is 11.6 Å². The van der Waals surface area contributed by atoms with E-state index in [0.717, 1.165) is 31.9 Å². The molecule has 0 aliphatic heterocycles. The first-order valence-electron chi connectivity index (χ1n) is 8.55. The molecule has 0 saturated heterocycles. The van der Waals surface area contributed by atoms with Crippen molar-refractivity contribution >= 4 is 0 Å². The van der Waals surface area contributed by atoms with Crippen LogP contribution in [0.25, 0.3) is 0 Å². The number of rotatable bonds is 6. The zero-order chi connectivity index (χ0) is 15.3. The van der Waals surface area contributed by atoms with E-state index < -0.39 is 0 Å². The number of likely N-dealkylation sites (N-methyl/N-ethyl adjacent to an activating group) is 1. The molecule has 1 aliphatic carbocycles. The highest BCUT2D eigenvalue weighted by Gasteiger charge is 2.43. The minimum Gasteiger partial charge on any atom is -0.373 e. The monoisotopic (exact) mass is 289 g/mol. The topological polar surface area (TPSA) is 21.3 Å². The molecule has 1 fully saturated rings. The van der Waals surface area contributed by atoms with E-state index in [9.17, 15) is 0 Å². The van der Waals surface area contributed by atoms with Crippen molar-refractivity contribution in [2.24, 2.45) is 5.92 Å². The van der Waals surface area contributed by atoms with Gasteiger partial charge in [0.25, 0.3) is 0 Å². The lowest BCUT2D eigenvalue weighted by atomic mass is 9.72. The van der Waals surface area contributed by atoms with Crippen LogP contribution < -0.4 is 5.32 Å². The molecular weight excluding hydrogens is 258 g/mol. The molecule has 1 saturated carbocycles. The summed E-state index contributed by atoms with van der Waals surface area (Å²) in [4.78, 5) is 0. The van der Waals surface area contributed by atoms with Crippen LogP contribution in [0, 0.1) is 12.8 Å². The fourth-order valence-electron chi connectivity index (χ4n) is 4.00. The SMILES string of the molecule is CCNC(c1ccccc1C)C1(OCC)CCCC(C)C1. The Hall–Kier alpha value is -0.860. The molecule has 21 heavy (non-hydrogen) atoms. The van der Waals surface area contributed by atoms with Gasteiger partial charge >= 0.3 is 0 Å². The third-order valence-corrected chi connectivity index (χ3v) is 4.86. The molecule has 3 unspecified atom stereocenters. The molecule has 1 N–H and O–H groups in total. The molecule has 1 aliphatic rings. The average molecular weight is 289 g/mol.